The van der Waals surface area contributed by atoms with Gasteiger partial charge >= 0.3 is 0 Å². The molecule has 1 aliphatic carbocycles. The van der Waals surface area contributed by atoms with Gasteiger partial charge < -0.3 is 19.5 Å². The van der Waals surface area contributed by atoms with Crippen LogP contribution in [0.1, 0.15) is 36.9 Å². The second-order valence-electron chi connectivity index (χ2n) is 7.06. The van der Waals surface area contributed by atoms with Crippen molar-refractivity contribution in [3.8, 4) is 17.2 Å². The van der Waals surface area contributed by atoms with Crippen molar-refractivity contribution in [3.05, 3.63) is 59.7 Å². The fourth-order valence-corrected chi connectivity index (χ4v) is 3.37. The van der Waals surface area contributed by atoms with Crippen molar-refractivity contribution < 1.29 is 19.0 Å². The quantitative estimate of drug-likeness (QED) is 0.735. The molecule has 1 fully saturated rings. The van der Waals surface area contributed by atoms with Crippen LogP contribution in [0.5, 0.6) is 17.2 Å². The Morgan fingerprint density at radius 2 is 1.89 bits per heavy atom. The molecule has 1 heterocycles. The van der Waals surface area contributed by atoms with E-state index in [2.05, 4.69) is 5.32 Å². The summed E-state index contributed by atoms with van der Waals surface area (Å²) in [5, 5.41) is 3.16. The van der Waals surface area contributed by atoms with Crippen LogP contribution < -0.4 is 19.5 Å². The summed E-state index contributed by atoms with van der Waals surface area (Å²) in [5.74, 6) is 2.74. The molecule has 0 saturated heterocycles. The topological polar surface area (TPSA) is 56.8 Å². The number of nitrogens with one attached hydrogen (secondary N) is 1. The Balaban J connectivity index is 1.42. The van der Waals surface area contributed by atoms with E-state index in [1.807, 2.05) is 55.5 Å². The second-order valence-corrected chi connectivity index (χ2v) is 7.06. The van der Waals surface area contributed by atoms with E-state index < -0.39 is 0 Å². The fourth-order valence-electron chi connectivity index (χ4n) is 3.37. The third-order valence-corrected chi connectivity index (χ3v) is 4.93. The highest BCUT2D eigenvalue weighted by molar-refractivity contribution is 5.92. The van der Waals surface area contributed by atoms with Crippen LogP contribution >= 0.6 is 0 Å². The molecule has 1 aliphatic heterocycles. The van der Waals surface area contributed by atoms with Crippen LogP contribution in [0.2, 0.25) is 0 Å². The molecule has 146 valence electrons. The number of amides is 1. The molecule has 0 aromatic heterocycles. The summed E-state index contributed by atoms with van der Waals surface area (Å²) in [6.07, 6.45) is 5.66. The van der Waals surface area contributed by atoms with Crippen LogP contribution in [-0.2, 0) is 4.79 Å². The number of carbonyl (C=O) groups is 1. The van der Waals surface area contributed by atoms with Crippen molar-refractivity contribution in [2.45, 2.75) is 25.8 Å². The van der Waals surface area contributed by atoms with E-state index in [-0.39, 0.29) is 11.9 Å². The predicted molar refractivity (Wildman–Crippen MR) is 108 cm³/mol. The molecule has 2 aliphatic rings. The molecule has 1 unspecified atom stereocenters. The van der Waals surface area contributed by atoms with E-state index in [4.69, 9.17) is 14.2 Å². The zero-order chi connectivity index (χ0) is 19.3. The molecule has 2 aromatic carbocycles. The van der Waals surface area contributed by atoms with E-state index in [1.165, 1.54) is 0 Å². The Morgan fingerprint density at radius 3 is 2.61 bits per heavy atom. The summed E-state index contributed by atoms with van der Waals surface area (Å²) in [6.45, 7) is 3.73. The molecule has 4 rings (SSSR count). The summed E-state index contributed by atoms with van der Waals surface area (Å²) in [4.78, 5) is 12.5. The largest absolute Gasteiger partial charge is 0.494 e. The van der Waals surface area contributed by atoms with Gasteiger partial charge in [-0.25, -0.2) is 0 Å². The minimum atomic E-state index is -0.0966. The Morgan fingerprint density at radius 1 is 1.14 bits per heavy atom. The molecule has 1 amide bonds. The molecule has 1 N–H and O–H groups in total. The molecule has 5 nitrogen and oxygen atoms in total. The Kier molecular flexibility index (Phi) is 5.51. The lowest BCUT2D eigenvalue weighted by molar-refractivity contribution is -0.117. The molecular weight excluding hydrogens is 354 g/mol. The number of ether oxygens (including phenoxy) is 3. The zero-order valence-corrected chi connectivity index (χ0v) is 16.0. The zero-order valence-electron chi connectivity index (χ0n) is 16.0. The lowest BCUT2D eigenvalue weighted by atomic mass is 10.0. The summed E-state index contributed by atoms with van der Waals surface area (Å²) in [7, 11) is 0. The van der Waals surface area contributed by atoms with Crippen LogP contribution in [0, 0.1) is 5.92 Å². The van der Waals surface area contributed by atoms with Crippen molar-refractivity contribution in [1.82, 2.24) is 5.32 Å². The third kappa shape index (κ3) is 4.47. The number of rotatable bonds is 7. The molecule has 0 spiro atoms. The predicted octanol–water partition coefficient (Wildman–Crippen LogP) is 4.14. The van der Waals surface area contributed by atoms with Crippen LogP contribution in [-0.4, -0.2) is 25.7 Å². The van der Waals surface area contributed by atoms with Gasteiger partial charge in [0.05, 0.1) is 12.6 Å². The number of carbonyl (C=O) groups excluding carboxylic acids is 1. The van der Waals surface area contributed by atoms with E-state index >= 15 is 0 Å². The Labute approximate surface area is 165 Å². The normalized spacial score (nSPS) is 16.6. The van der Waals surface area contributed by atoms with Gasteiger partial charge in [0.2, 0.25) is 5.91 Å². The molecule has 1 saturated carbocycles. The van der Waals surface area contributed by atoms with Gasteiger partial charge in [-0.15, -0.1) is 0 Å². The lowest BCUT2D eigenvalue weighted by Gasteiger charge is -2.22. The molecule has 5 heteroatoms. The van der Waals surface area contributed by atoms with Gasteiger partial charge in [-0.1, -0.05) is 18.2 Å². The van der Waals surface area contributed by atoms with Gasteiger partial charge in [-0.2, -0.15) is 0 Å². The highest BCUT2D eigenvalue weighted by atomic mass is 16.6. The van der Waals surface area contributed by atoms with Crippen molar-refractivity contribution in [2.75, 3.05) is 19.8 Å². The molecule has 0 radical (unpaired) electrons. The Hall–Kier alpha value is -2.95. The molecular formula is C23H25NO4. The van der Waals surface area contributed by atoms with Gasteiger partial charge in [-0.05, 0) is 67.2 Å². The van der Waals surface area contributed by atoms with Crippen molar-refractivity contribution in [2.24, 2.45) is 5.92 Å². The molecule has 1 atom stereocenters. The second kappa shape index (κ2) is 8.38. The Bertz CT molecular complexity index is 855. The summed E-state index contributed by atoms with van der Waals surface area (Å²) < 4.78 is 16.7. The van der Waals surface area contributed by atoms with Crippen molar-refractivity contribution >= 4 is 12.0 Å². The molecule has 0 bridgehead atoms. The minimum absolute atomic E-state index is 0.00620. The van der Waals surface area contributed by atoms with Gasteiger partial charge in [0.25, 0.3) is 0 Å². The summed E-state index contributed by atoms with van der Waals surface area (Å²) in [5.41, 5.74) is 2.02. The first-order chi connectivity index (χ1) is 13.7. The van der Waals surface area contributed by atoms with E-state index in [0.717, 1.165) is 41.2 Å². The minimum Gasteiger partial charge on any atom is -0.494 e. The van der Waals surface area contributed by atoms with Crippen molar-refractivity contribution in [3.63, 3.8) is 0 Å². The van der Waals surface area contributed by atoms with Gasteiger partial charge in [0.15, 0.2) is 11.5 Å². The first-order valence-corrected chi connectivity index (χ1v) is 9.84. The SMILES string of the molecule is CCOc1ccc(/C=C/C(=O)NC(c2ccc3c(c2)OCCO3)C2CC2)cc1. The highest BCUT2D eigenvalue weighted by Gasteiger charge is 2.33. The van der Waals surface area contributed by atoms with E-state index in [9.17, 15) is 4.79 Å². The molecule has 28 heavy (non-hydrogen) atoms. The summed E-state index contributed by atoms with van der Waals surface area (Å²) >= 11 is 0. The lowest BCUT2D eigenvalue weighted by Crippen LogP contribution is -2.28. The maximum Gasteiger partial charge on any atom is 0.244 e. The van der Waals surface area contributed by atoms with Crippen molar-refractivity contribution in [1.29, 1.82) is 0 Å². The van der Waals surface area contributed by atoms with Gasteiger partial charge in [0, 0.05) is 6.08 Å². The number of fused-ring (bicyclic) bond motifs is 1. The number of hydrogen-bond acceptors (Lipinski definition) is 4. The van der Waals surface area contributed by atoms with Gasteiger partial charge in [0.1, 0.15) is 19.0 Å². The third-order valence-electron chi connectivity index (χ3n) is 4.93. The van der Waals surface area contributed by atoms with Crippen LogP contribution in [0.3, 0.4) is 0 Å². The average Bonchev–Trinajstić information content (AvgIpc) is 3.56. The van der Waals surface area contributed by atoms with Gasteiger partial charge in [-0.3, -0.25) is 4.79 Å². The summed E-state index contributed by atoms with van der Waals surface area (Å²) in [6, 6.07) is 13.6. The van der Waals surface area contributed by atoms with E-state index in [0.29, 0.717) is 25.7 Å². The number of hydrogen-bond donors (Lipinski definition) is 1. The maximum atomic E-state index is 12.5. The maximum absolute atomic E-state index is 12.5. The van der Waals surface area contributed by atoms with Crippen LogP contribution in [0.15, 0.2) is 48.5 Å². The van der Waals surface area contributed by atoms with E-state index in [1.54, 1.807) is 6.08 Å². The first kappa shape index (κ1) is 18.4. The number of benzene rings is 2. The van der Waals surface area contributed by atoms with Crippen LogP contribution in [0.25, 0.3) is 6.08 Å². The highest BCUT2D eigenvalue weighted by Crippen LogP contribution is 2.43. The van der Waals surface area contributed by atoms with Crippen LogP contribution in [0.4, 0.5) is 0 Å². The monoisotopic (exact) mass is 379 g/mol. The standard InChI is InChI=1S/C23H25NO4/c1-2-26-19-9-3-16(4-10-19)5-12-22(25)24-23(17-6-7-17)18-8-11-20-21(15-18)28-14-13-27-20/h3-5,8-12,15,17,23H,2,6-7,13-14H2,1H3,(H,24,25)/b12-5+. The molecule has 2 aromatic rings. The first-order valence-electron chi connectivity index (χ1n) is 9.84. The average molecular weight is 379 g/mol. The smallest absolute Gasteiger partial charge is 0.244 e. The fraction of sp³-hybridized carbons (Fsp3) is 0.348.